The Hall–Kier alpha value is -1.37. The normalized spacial score (nSPS) is 9.07. The molecule has 1 aromatic heterocycles. The molecule has 0 amide bonds. The molecule has 1 aromatic rings. The number of hydrogen-bond acceptors (Lipinski definition) is 5. The van der Waals surface area contributed by atoms with Crippen molar-refractivity contribution in [2.75, 3.05) is 18.0 Å². The average Bonchev–Trinajstić information content (AvgIpc) is 2.21. The Kier molecular flexibility index (Phi) is 4.29. The molecular weight excluding hydrogens is 281 g/mol. The van der Waals surface area contributed by atoms with E-state index in [1.165, 1.54) is 11.1 Å². The van der Waals surface area contributed by atoms with Crippen molar-refractivity contribution in [3.63, 3.8) is 0 Å². The van der Waals surface area contributed by atoms with Crippen LogP contribution >= 0.6 is 27.5 Å². The number of nitriles is 2. The van der Waals surface area contributed by atoms with Crippen LogP contribution in [0.3, 0.4) is 0 Å². The Morgan fingerprint density at radius 2 is 2.00 bits per heavy atom. The van der Waals surface area contributed by atoms with Gasteiger partial charge in [-0.15, -0.1) is 0 Å². The standard InChI is InChI=1S/C8H5BrClN5/c9-6-5-13-8(10)14-7(6)15(3-1-11)4-2-12/h5H,3-4H2. The second kappa shape index (κ2) is 5.50. The molecule has 0 radical (unpaired) electrons. The zero-order chi connectivity index (χ0) is 11.3. The van der Waals surface area contributed by atoms with Crippen LogP contribution in [0.4, 0.5) is 5.82 Å². The first-order valence-electron chi connectivity index (χ1n) is 3.86. The maximum absolute atomic E-state index is 8.59. The minimum atomic E-state index is 0.0690. The van der Waals surface area contributed by atoms with Crippen LogP contribution in [0.2, 0.25) is 5.28 Å². The number of hydrogen-bond donors (Lipinski definition) is 0. The van der Waals surface area contributed by atoms with E-state index in [4.69, 9.17) is 22.1 Å². The predicted octanol–water partition coefficient (Wildman–Crippen LogP) is 1.75. The van der Waals surface area contributed by atoms with Crippen LogP contribution in [0.5, 0.6) is 0 Å². The van der Waals surface area contributed by atoms with E-state index < -0.39 is 0 Å². The summed E-state index contributed by atoms with van der Waals surface area (Å²) in [7, 11) is 0. The molecule has 15 heavy (non-hydrogen) atoms. The summed E-state index contributed by atoms with van der Waals surface area (Å²) in [6.45, 7) is 0.138. The van der Waals surface area contributed by atoms with Gasteiger partial charge in [0.25, 0.3) is 0 Å². The van der Waals surface area contributed by atoms with Crippen LogP contribution in [-0.4, -0.2) is 23.1 Å². The Labute approximate surface area is 100 Å². The highest BCUT2D eigenvalue weighted by Gasteiger charge is 2.12. The van der Waals surface area contributed by atoms with Gasteiger partial charge in [0.05, 0.1) is 16.6 Å². The molecule has 1 rings (SSSR count). The summed E-state index contributed by atoms with van der Waals surface area (Å²) in [5.41, 5.74) is 0. The Morgan fingerprint density at radius 3 is 2.53 bits per heavy atom. The third-order valence-electron chi connectivity index (χ3n) is 1.52. The lowest BCUT2D eigenvalue weighted by Crippen LogP contribution is -2.25. The maximum atomic E-state index is 8.59. The Balaban J connectivity index is 3.06. The number of rotatable bonds is 3. The minimum absolute atomic E-state index is 0.0690. The number of halogens is 2. The van der Waals surface area contributed by atoms with E-state index in [-0.39, 0.29) is 18.4 Å². The van der Waals surface area contributed by atoms with E-state index in [1.54, 1.807) is 0 Å². The Bertz CT molecular complexity index is 420. The molecular formula is C8H5BrClN5. The lowest BCUT2D eigenvalue weighted by Gasteiger charge is -2.17. The molecule has 0 saturated heterocycles. The highest BCUT2D eigenvalue weighted by atomic mass is 79.9. The minimum Gasteiger partial charge on any atom is -0.329 e. The van der Waals surface area contributed by atoms with E-state index in [0.717, 1.165) is 0 Å². The van der Waals surface area contributed by atoms with Gasteiger partial charge in [-0.3, -0.25) is 0 Å². The van der Waals surface area contributed by atoms with Gasteiger partial charge in [0.15, 0.2) is 0 Å². The van der Waals surface area contributed by atoms with Gasteiger partial charge in [-0.2, -0.15) is 15.5 Å². The molecule has 0 fully saturated rings. The molecule has 0 aliphatic carbocycles. The largest absolute Gasteiger partial charge is 0.329 e. The molecule has 0 bridgehead atoms. The lowest BCUT2D eigenvalue weighted by molar-refractivity contribution is 0.920. The van der Waals surface area contributed by atoms with E-state index in [2.05, 4.69) is 25.9 Å². The molecule has 0 aliphatic rings. The van der Waals surface area contributed by atoms with Crippen molar-refractivity contribution in [2.24, 2.45) is 0 Å². The first kappa shape index (κ1) is 11.7. The molecule has 0 aromatic carbocycles. The summed E-state index contributed by atoms with van der Waals surface area (Å²) in [5, 5.41) is 17.3. The molecule has 0 aliphatic heterocycles. The number of anilines is 1. The van der Waals surface area contributed by atoms with Gasteiger partial charge in [0, 0.05) is 6.20 Å². The smallest absolute Gasteiger partial charge is 0.224 e. The average molecular weight is 287 g/mol. The van der Waals surface area contributed by atoms with Crippen molar-refractivity contribution in [2.45, 2.75) is 0 Å². The van der Waals surface area contributed by atoms with Gasteiger partial charge < -0.3 is 4.90 Å². The van der Waals surface area contributed by atoms with Crippen LogP contribution in [0.1, 0.15) is 0 Å². The fourth-order valence-electron chi connectivity index (χ4n) is 0.935. The maximum Gasteiger partial charge on any atom is 0.224 e. The lowest BCUT2D eigenvalue weighted by atomic mass is 10.4. The molecule has 0 atom stereocenters. The first-order valence-corrected chi connectivity index (χ1v) is 5.03. The van der Waals surface area contributed by atoms with Crippen molar-refractivity contribution in [1.82, 2.24) is 9.97 Å². The molecule has 76 valence electrons. The third kappa shape index (κ3) is 3.05. The van der Waals surface area contributed by atoms with Crippen LogP contribution in [-0.2, 0) is 0 Å². The summed E-state index contributed by atoms with van der Waals surface area (Å²) >= 11 is 8.85. The van der Waals surface area contributed by atoms with Crippen LogP contribution in [0, 0.1) is 22.7 Å². The molecule has 0 spiro atoms. The summed E-state index contributed by atoms with van der Waals surface area (Å²) in [4.78, 5) is 9.20. The zero-order valence-electron chi connectivity index (χ0n) is 7.48. The van der Waals surface area contributed by atoms with Crippen molar-refractivity contribution in [3.05, 3.63) is 16.0 Å². The highest BCUT2D eigenvalue weighted by Crippen LogP contribution is 2.23. The van der Waals surface area contributed by atoms with Gasteiger partial charge in [-0.1, -0.05) is 0 Å². The van der Waals surface area contributed by atoms with Gasteiger partial charge in [-0.05, 0) is 27.5 Å². The summed E-state index contributed by atoms with van der Waals surface area (Å²) in [6.07, 6.45) is 1.48. The third-order valence-corrected chi connectivity index (χ3v) is 2.26. The van der Waals surface area contributed by atoms with E-state index in [1.807, 2.05) is 12.1 Å². The topological polar surface area (TPSA) is 76.6 Å². The van der Waals surface area contributed by atoms with E-state index in [0.29, 0.717) is 10.3 Å². The summed E-state index contributed by atoms with van der Waals surface area (Å²) in [6, 6.07) is 3.90. The molecule has 7 heteroatoms. The quantitative estimate of drug-likeness (QED) is 0.625. The van der Waals surface area contributed by atoms with Crippen molar-refractivity contribution < 1.29 is 0 Å². The summed E-state index contributed by atoms with van der Waals surface area (Å²) in [5.74, 6) is 0.443. The monoisotopic (exact) mass is 285 g/mol. The van der Waals surface area contributed by atoms with Crippen LogP contribution in [0.25, 0.3) is 0 Å². The zero-order valence-corrected chi connectivity index (χ0v) is 9.83. The molecule has 5 nitrogen and oxygen atoms in total. The van der Waals surface area contributed by atoms with E-state index >= 15 is 0 Å². The number of nitrogens with zero attached hydrogens (tertiary/aromatic N) is 5. The van der Waals surface area contributed by atoms with Crippen molar-refractivity contribution in [3.8, 4) is 12.1 Å². The molecule has 0 unspecified atom stereocenters. The second-order valence-corrected chi connectivity index (χ2v) is 3.68. The Morgan fingerprint density at radius 1 is 1.40 bits per heavy atom. The molecule has 0 N–H and O–H groups in total. The van der Waals surface area contributed by atoms with Crippen molar-refractivity contribution in [1.29, 1.82) is 10.5 Å². The fourth-order valence-corrected chi connectivity index (χ4v) is 1.51. The fraction of sp³-hybridized carbons (Fsp3) is 0.250. The van der Waals surface area contributed by atoms with Gasteiger partial charge in [0.2, 0.25) is 5.28 Å². The van der Waals surface area contributed by atoms with E-state index in [9.17, 15) is 0 Å². The van der Waals surface area contributed by atoms with Gasteiger partial charge in [-0.25, -0.2) is 4.98 Å². The second-order valence-electron chi connectivity index (χ2n) is 2.48. The highest BCUT2D eigenvalue weighted by molar-refractivity contribution is 9.10. The first-order chi connectivity index (χ1) is 7.19. The SMILES string of the molecule is N#CCN(CC#N)c1nc(Cl)ncc1Br. The van der Waals surface area contributed by atoms with Crippen LogP contribution < -0.4 is 4.90 Å². The predicted molar refractivity (Wildman–Crippen MR) is 58.2 cm³/mol. The van der Waals surface area contributed by atoms with Gasteiger partial charge in [0.1, 0.15) is 18.9 Å². The molecule has 1 heterocycles. The van der Waals surface area contributed by atoms with Crippen LogP contribution in [0.15, 0.2) is 10.7 Å². The number of aromatic nitrogens is 2. The summed E-state index contributed by atoms with van der Waals surface area (Å²) < 4.78 is 0.595. The molecule has 0 saturated carbocycles. The van der Waals surface area contributed by atoms with Gasteiger partial charge >= 0.3 is 0 Å². The van der Waals surface area contributed by atoms with Crippen molar-refractivity contribution >= 4 is 33.3 Å².